The van der Waals surface area contributed by atoms with Crippen LogP contribution in [0.2, 0.25) is 0 Å². The van der Waals surface area contributed by atoms with Crippen molar-refractivity contribution in [2.24, 2.45) is 0 Å². The number of amides is 2. The lowest BCUT2D eigenvalue weighted by molar-refractivity contribution is -0.138. The van der Waals surface area contributed by atoms with Crippen LogP contribution in [0.5, 0.6) is 0 Å². The van der Waals surface area contributed by atoms with E-state index in [1.54, 1.807) is 0 Å². The van der Waals surface area contributed by atoms with Crippen molar-refractivity contribution in [3.63, 3.8) is 0 Å². The highest BCUT2D eigenvalue weighted by atomic mass is 16.2. The van der Waals surface area contributed by atoms with Gasteiger partial charge < -0.3 is 0 Å². The van der Waals surface area contributed by atoms with Crippen LogP contribution in [0.3, 0.4) is 0 Å². The van der Waals surface area contributed by atoms with E-state index in [1.807, 2.05) is 32.0 Å². The number of rotatable bonds is 5. The predicted octanol–water partition coefficient (Wildman–Crippen LogP) is 1.02. The molecule has 2 amide bonds. The molecular formula is C14H19N3O2. The molecule has 2 heterocycles. The first-order valence-corrected chi connectivity index (χ1v) is 6.62. The molecule has 0 saturated carbocycles. The van der Waals surface area contributed by atoms with E-state index in [0.29, 0.717) is 13.1 Å². The summed E-state index contributed by atoms with van der Waals surface area (Å²) in [6.45, 7) is 4.90. The SMILES string of the molecule is CCCN1C(=O)CC(NCc2cccc(C)n2)C1=O. The Hall–Kier alpha value is -1.75. The van der Waals surface area contributed by atoms with Crippen LogP contribution in [0.15, 0.2) is 18.2 Å². The highest BCUT2D eigenvalue weighted by Crippen LogP contribution is 2.14. The second-order valence-electron chi connectivity index (χ2n) is 4.79. The van der Waals surface area contributed by atoms with Crippen LogP contribution in [-0.4, -0.2) is 34.3 Å². The Morgan fingerprint density at radius 3 is 2.89 bits per heavy atom. The first-order valence-electron chi connectivity index (χ1n) is 6.62. The van der Waals surface area contributed by atoms with Crippen LogP contribution >= 0.6 is 0 Å². The van der Waals surface area contributed by atoms with Gasteiger partial charge in [-0.2, -0.15) is 0 Å². The largest absolute Gasteiger partial charge is 0.300 e. The summed E-state index contributed by atoms with van der Waals surface area (Å²) in [4.78, 5) is 29.4. The van der Waals surface area contributed by atoms with Gasteiger partial charge in [-0.05, 0) is 25.5 Å². The Balaban J connectivity index is 1.94. The first kappa shape index (κ1) is 13.7. The fourth-order valence-electron chi connectivity index (χ4n) is 2.23. The first-order chi connectivity index (χ1) is 9.11. The van der Waals surface area contributed by atoms with E-state index in [-0.39, 0.29) is 18.2 Å². The number of hydrogen-bond acceptors (Lipinski definition) is 4. The van der Waals surface area contributed by atoms with Crippen LogP contribution in [0, 0.1) is 6.92 Å². The molecule has 1 aliphatic rings. The summed E-state index contributed by atoms with van der Waals surface area (Å²) in [7, 11) is 0. The molecular weight excluding hydrogens is 242 g/mol. The summed E-state index contributed by atoms with van der Waals surface area (Å²) in [6, 6.07) is 5.37. The average Bonchev–Trinajstić information content (AvgIpc) is 2.65. The zero-order valence-corrected chi connectivity index (χ0v) is 11.3. The van der Waals surface area contributed by atoms with Crippen molar-refractivity contribution in [3.8, 4) is 0 Å². The third-order valence-corrected chi connectivity index (χ3v) is 3.17. The standard InChI is InChI=1S/C14H19N3O2/c1-3-7-17-13(18)8-12(14(17)19)15-9-11-6-4-5-10(2)16-11/h4-6,12,15H,3,7-9H2,1-2H3. The quantitative estimate of drug-likeness (QED) is 0.804. The van der Waals surface area contributed by atoms with E-state index in [2.05, 4.69) is 10.3 Å². The Morgan fingerprint density at radius 2 is 2.21 bits per heavy atom. The molecule has 1 aromatic rings. The summed E-state index contributed by atoms with van der Waals surface area (Å²) >= 11 is 0. The maximum absolute atomic E-state index is 12.0. The number of nitrogens with zero attached hydrogens (tertiary/aromatic N) is 2. The highest BCUT2D eigenvalue weighted by Gasteiger charge is 2.37. The van der Waals surface area contributed by atoms with Crippen molar-refractivity contribution in [3.05, 3.63) is 29.6 Å². The van der Waals surface area contributed by atoms with E-state index < -0.39 is 6.04 Å². The minimum atomic E-state index is -0.402. The maximum atomic E-state index is 12.0. The number of aryl methyl sites for hydroxylation is 1. The van der Waals surface area contributed by atoms with Gasteiger partial charge in [0.1, 0.15) is 0 Å². The van der Waals surface area contributed by atoms with Gasteiger partial charge in [-0.3, -0.25) is 24.8 Å². The van der Waals surface area contributed by atoms with Crippen molar-refractivity contribution in [1.82, 2.24) is 15.2 Å². The second kappa shape index (κ2) is 5.93. The van der Waals surface area contributed by atoms with E-state index in [1.165, 1.54) is 4.90 Å². The summed E-state index contributed by atoms with van der Waals surface area (Å²) in [5.74, 6) is -0.193. The summed E-state index contributed by atoms with van der Waals surface area (Å²) < 4.78 is 0. The smallest absolute Gasteiger partial charge is 0.246 e. The average molecular weight is 261 g/mol. The topological polar surface area (TPSA) is 62.3 Å². The van der Waals surface area contributed by atoms with E-state index >= 15 is 0 Å². The minimum absolute atomic E-state index is 0.0819. The third-order valence-electron chi connectivity index (χ3n) is 3.17. The minimum Gasteiger partial charge on any atom is -0.300 e. The predicted molar refractivity (Wildman–Crippen MR) is 71.2 cm³/mol. The number of carbonyl (C=O) groups is 2. The molecule has 5 nitrogen and oxygen atoms in total. The van der Waals surface area contributed by atoms with Gasteiger partial charge in [0.25, 0.3) is 0 Å². The molecule has 1 saturated heterocycles. The number of likely N-dealkylation sites (tertiary alicyclic amines) is 1. The molecule has 0 bridgehead atoms. The fourth-order valence-corrected chi connectivity index (χ4v) is 2.23. The lowest BCUT2D eigenvalue weighted by Crippen LogP contribution is -2.38. The number of pyridine rings is 1. The van der Waals surface area contributed by atoms with Gasteiger partial charge >= 0.3 is 0 Å². The Kier molecular flexibility index (Phi) is 4.27. The van der Waals surface area contributed by atoms with Crippen LogP contribution in [-0.2, 0) is 16.1 Å². The van der Waals surface area contributed by atoms with Crippen molar-refractivity contribution < 1.29 is 9.59 Å². The molecule has 1 unspecified atom stereocenters. The van der Waals surface area contributed by atoms with Crippen LogP contribution in [0.1, 0.15) is 31.2 Å². The molecule has 0 spiro atoms. The van der Waals surface area contributed by atoms with E-state index in [9.17, 15) is 9.59 Å². The van der Waals surface area contributed by atoms with Gasteiger partial charge in [0.2, 0.25) is 11.8 Å². The van der Waals surface area contributed by atoms with Crippen molar-refractivity contribution in [2.45, 2.75) is 39.3 Å². The number of aromatic nitrogens is 1. The zero-order chi connectivity index (χ0) is 13.8. The summed E-state index contributed by atoms with van der Waals surface area (Å²) in [5, 5.41) is 3.12. The van der Waals surface area contributed by atoms with Crippen molar-refractivity contribution in [2.75, 3.05) is 6.54 Å². The second-order valence-corrected chi connectivity index (χ2v) is 4.79. The lowest BCUT2D eigenvalue weighted by atomic mass is 10.2. The Morgan fingerprint density at radius 1 is 1.42 bits per heavy atom. The molecule has 5 heteroatoms. The van der Waals surface area contributed by atoms with Crippen molar-refractivity contribution >= 4 is 11.8 Å². The monoisotopic (exact) mass is 261 g/mol. The van der Waals surface area contributed by atoms with Crippen LogP contribution < -0.4 is 5.32 Å². The number of carbonyl (C=O) groups excluding carboxylic acids is 2. The molecule has 102 valence electrons. The number of hydrogen-bond donors (Lipinski definition) is 1. The van der Waals surface area contributed by atoms with Gasteiger partial charge in [0.15, 0.2) is 0 Å². The van der Waals surface area contributed by atoms with Crippen molar-refractivity contribution in [1.29, 1.82) is 0 Å². The molecule has 1 aliphatic heterocycles. The third kappa shape index (κ3) is 3.17. The molecule has 0 aromatic carbocycles. The lowest BCUT2D eigenvalue weighted by Gasteiger charge is -2.14. The van der Waals surface area contributed by atoms with Gasteiger partial charge in [-0.15, -0.1) is 0 Å². The molecule has 1 aromatic heterocycles. The molecule has 1 atom stereocenters. The fraction of sp³-hybridized carbons (Fsp3) is 0.500. The Labute approximate surface area is 113 Å². The van der Waals surface area contributed by atoms with Gasteiger partial charge in [-0.1, -0.05) is 13.0 Å². The van der Waals surface area contributed by atoms with E-state index in [0.717, 1.165) is 17.8 Å². The molecule has 1 N–H and O–H groups in total. The van der Waals surface area contributed by atoms with Gasteiger partial charge in [0, 0.05) is 18.8 Å². The number of imide groups is 1. The number of nitrogens with one attached hydrogen (secondary N) is 1. The Bertz CT molecular complexity index is 487. The highest BCUT2D eigenvalue weighted by molar-refractivity contribution is 6.05. The normalized spacial score (nSPS) is 19.3. The molecule has 1 fully saturated rings. The molecule has 2 rings (SSSR count). The molecule has 19 heavy (non-hydrogen) atoms. The summed E-state index contributed by atoms with van der Waals surface area (Å²) in [6.07, 6.45) is 1.05. The zero-order valence-electron chi connectivity index (χ0n) is 11.3. The van der Waals surface area contributed by atoms with E-state index in [4.69, 9.17) is 0 Å². The molecule has 0 aliphatic carbocycles. The van der Waals surface area contributed by atoms with Gasteiger partial charge in [0.05, 0.1) is 18.2 Å². The van der Waals surface area contributed by atoms with Crippen LogP contribution in [0.25, 0.3) is 0 Å². The van der Waals surface area contributed by atoms with Gasteiger partial charge in [-0.25, -0.2) is 0 Å². The van der Waals surface area contributed by atoms with Crippen LogP contribution in [0.4, 0.5) is 0 Å². The summed E-state index contributed by atoms with van der Waals surface area (Å²) in [5.41, 5.74) is 1.83. The molecule has 0 radical (unpaired) electrons. The maximum Gasteiger partial charge on any atom is 0.246 e.